The summed E-state index contributed by atoms with van der Waals surface area (Å²) in [7, 11) is 0. The molecule has 16 heavy (non-hydrogen) atoms. The van der Waals surface area contributed by atoms with E-state index in [-0.39, 0.29) is 0 Å². The van der Waals surface area contributed by atoms with Gasteiger partial charge in [0.15, 0.2) is 0 Å². The minimum Gasteiger partial charge on any atom is -0.0884 e. The fourth-order valence-corrected chi connectivity index (χ4v) is 3.54. The molecular formula is C15H21Br. The molecule has 0 bridgehead atoms. The van der Waals surface area contributed by atoms with Gasteiger partial charge in [0.25, 0.3) is 0 Å². The molecule has 0 radical (unpaired) electrons. The minimum absolute atomic E-state index is 0.678. The second-order valence-electron chi connectivity index (χ2n) is 5.18. The lowest BCUT2D eigenvalue weighted by molar-refractivity contribution is 0.525. The number of hydrogen-bond acceptors (Lipinski definition) is 0. The predicted molar refractivity (Wildman–Crippen MR) is 74.3 cm³/mol. The molecule has 1 aromatic carbocycles. The van der Waals surface area contributed by atoms with Crippen LogP contribution in [0.25, 0.3) is 0 Å². The van der Waals surface area contributed by atoms with Crippen LogP contribution in [0.3, 0.4) is 0 Å². The maximum atomic E-state index is 3.88. The maximum absolute atomic E-state index is 3.88. The highest BCUT2D eigenvalue weighted by Gasteiger charge is 2.22. The molecule has 0 amide bonds. The molecule has 1 aromatic rings. The Morgan fingerprint density at radius 2 is 1.88 bits per heavy atom. The van der Waals surface area contributed by atoms with E-state index in [1.807, 2.05) is 0 Å². The number of rotatable bonds is 3. The summed E-state index contributed by atoms with van der Waals surface area (Å²) in [4.78, 5) is 0.678. The highest BCUT2D eigenvalue weighted by Crippen LogP contribution is 2.33. The number of benzene rings is 1. The van der Waals surface area contributed by atoms with Crippen LogP contribution in [0.5, 0.6) is 0 Å². The number of aryl methyl sites for hydroxylation is 2. The Labute approximate surface area is 108 Å². The van der Waals surface area contributed by atoms with Crippen molar-refractivity contribution in [1.82, 2.24) is 0 Å². The highest BCUT2D eigenvalue weighted by atomic mass is 79.9. The quantitative estimate of drug-likeness (QED) is 0.698. The van der Waals surface area contributed by atoms with Crippen molar-refractivity contribution in [2.24, 2.45) is 5.92 Å². The average molecular weight is 281 g/mol. The number of hydrogen-bond donors (Lipinski definition) is 0. The predicted octanol–water partition coefficient (Wildman–Crippen LogP) is 4.80. The first-order valence-corrected chi connectivity index (χ1v) is 7.28. The summed E-state index contributed by atoms with van der Waals surface area (Å²) in [6.07, 6.45) is 6.88. The van der Waals surface area contributed by atoms with Gasteiger partial charge in [-0.2, -0.15) is 0 Å². The zero-order valence-electron chi connectivity index (χ0n) is 10.3. The fourth-order valence-electron chi connectivity index (χ4n) is 2.64. The first-order valence-electron chi connectivity index (χ1n) is 6.37. The zero-order chi connectivity index (χ0) is 11.5. The molecule has 0 aromatic heterocycles. The van der Waals surface area contributed by atoms with Crippen molar-refractivity contribution in [1.29, 1.82) is 0 Å². The van der Waals surface area contributed by atoms with Gasteiger partial charge in [-0.15, -0.1) is 0 Å². The summed E-state index contributed by atoms with van der Waals surface area (Å²) in [5.74, 6) is 0.904. The third-order valence-electron chi connectivity index (χ3n) is 3.91. The Bertz CT molecular complexity index is 350. The van der Waals surface area contributed by atoms with Crippen LogP contribution in [0, 0.1) is 19.8 Å². The van der Waals surface area contributed by atoms with E-state index in [0.29, 0.717) is 4.83 Å². The van der Waals surface area contributed by atoms with Crippen molar-refractivity contribution in [2.45, 2.75) is 50.8 Å². The summed E-state index contributed by atoms with van der Waals surface area (Å²) < 4.78 is 0. The van der Waals surface area contributed by atoms with Gasteiger partial charge in [0, 0.05) is 4.83 Å². The van der Waals surface area contributed by atoms with Crippen LogP contribution in [0.15, 0.2) is 18.2 Å². The van der Waals surface area contributed by atoms with E-state index < -0.39 is 0 Å². The highest BCUT2D eigenvalue weighted by molar-refractivity contribution is 9.09. The van der Waals surface area contributed by atoms with Gasteiger partial charge >= 0.3 is 0 Å². The molecule has 1 fully saturated rings. The van der Waals surface area contributed by atoms with Gasteiger partial charge in [-0.3, -0.25) is 0 Å². The summed E-state index contributed by atoms with van der Waals surface area (Å²) in [5, 5.41) is 0. The lowest BCUT2D eigenvalue weighted by Gasteiger charge is -2.17. The second-order valence-corrected chi connectivity index (χ2v) is 6.36. The van der Waals surface area contributed by atoms with Crippen molar-refractivity contribution in [3.63, 3.8) is 0 Å². The lowest BCUT2D eigenvalue weighted by atomic mass is 9.96. The average Bonchev–Trinajstić information content (AvgIpc) is 2.77. The third-order valence-corrected chi connectivity index (χ3v) is 4.98. The molecule has 0 nitrogen and oxygen atoms in total. The molecule has 1 unspecified atom stereocenters. The molecule has 1 aliphatic carbocycles. The second kappa shape index (κ2) is 5.35. The van der Waals surface area contributed by atoms with Gasteiger partial charge in [-0.1, -0.05) is 47.0 Å². The monoisotopic (exact) mass is 280 g/mol. The fraction of sp³-hybridized carbons (Fsp3) is 0.600. The molecule has 0 N–H and O–H groups in total. The van der Waals surface area contributed by atoms with E-state index in [9.17, 15) is 0 Å². The molecule has 1 atom stereocenters. The topological polar surface area (TPSA) is 0 Å². The summed E-state index contributed by atoms with van der Waals surface area (Å²) in [5.41, 5.74) is 4.30. The molecule has 0 saturated heterocycles. The van der Waals surface area contributed by atoms with Crippen LogP contribution in [0.2, 0.25) is 0 Å². The molecule has 2 rings (SSSR count). The Balaban J connectivity index is 1.99. The van der Waals surface area contributed by atoms with E-state index in [1.54, 1.807) is 0 Å². The first kappa shape index (κ1) is 12.2. The minimum atomic E-state index is 0.678. The summed E-state index contributed by atoms with van der Waals surface area (Å²) in [6.45, 7) is 4.39. The summed E-state index contributed by atoms with van der Waals surface area (Å²) >= 11 is 3.88. The van der Waals surface area contributed by atoms with Crippen LogP contribution in [-0.2, 0) is 6.42 Å². The Hall–Kier alpha value is -0.300. The molecule has 0 aliphatic heterocycles. The van der Waals surface area contributed by atoms with Gasteiger partial charge in [0.2, 0.25) is 0 Å². The van der Waals surface area contributed by atoms with E-state index in [2.05, 4.69) is 48.0 Å². The molecule has 1 aliphatic rings. The zero-order valence-corrected chi connectivity index (χ0v) is 11.9. The lowest BCUT2D eigenvalue weighted by Crippen LogP contribution is -2.13. The van der Waals surface area contributed by atoms with E-state index in [0.717, 1.165) is 5.92 Å². The van der Waals surface area contributed by atoms with E-state index >= 15 is 0 Å². The van der Waals surface area contributed by atoms with Gasteiger partial charge in [0.1, 0.15) is 0 Å². The standard InChI is InChI=1S/C15H21Br/c1-11-7-8-13(9-12(11)2)10-15(16)14-5-3-4-6-14/h7-9,14-15H,3-6,10H2,1-2H3. The van der Waals surface area contributed by atoms with Crippen LogP contribution >= 0.6 is 15.9 Å². The summed E-state index contributed by atoms with van der Waals surface area (Å²) in [6, 6.07) is 6.88. The van der Waals surface area contributed by atoms with E-state index in [4.69, 9.17) is 0 Å². The SMILES string of the molecule is Cc1ccc(CC(Br)C2CCCC2)cc1C. The number of alkyl halides is 1. The normalized spacial score (nSPS) is 18.9. The van der Waals surface area contributed by atoms with Crippen molar-refractivity contribution in [2.75, 3.05) is 0 Å². The van der Waals surface area contributed by atoms with Crippen molar-refractivity contribution in [3.8, 4) is 0 Å². The van der Waals surface area contributed by atoms with Gasteiger partial charge in [-0.05, 0) is 55.7 Å². The van der Waals surface area contributed by atoms with Crippen LogP contribution in [-0.4, -0.2) is 4.83 Å². The Morgan fingerprint density at radius 3 is 2.50 bits per heavy atom. The molecule has 0 heterocycles. The van der Waals surface area contributed by atoms with Crippen LogP contribution in [0.1, 0.15) is 42.4 Å². The molecular weight excluding hydrogens is 260 g/mol. The van der Waals surface area contributed by atoms with Crippen LogP contribution in [0.4, 0.5) is 0 Å². The van der Waals surface area contributed by atoms with E-state index in [1.165, 1.54) is 48.8 Å². The van der Waals surface area contributed by atoms with Crippen molar-refractivity contribution < 1.29 is 0 Å². The van der Waals surface area contributed by atoms with Gasteiger partial charge in [-0.25, -0.2) is 0 Å². The van der Waals surface area contributed by atoms with Gasteiger partial charge in [0.05, 0.1) is 0 Å². The smallest absolute Gasteiger partial charge is 0.0214 e. The maximum Gasteiger partial charge on any atom is 0.0214 e. The van der Waals surface area contributed by atoms with Crippen LogP contribution < -0.4 is 0 Å². The largest absolute Gasteiger partial charge is 0.0884 e. The molecule has 88 valence electrons. The Morgan fingerprint density at radius 1 is 1.19 bits per heavy atom. The van der Waals surface area contributed by atoms with Crippen molar-refractivity contribution in [3.05, 3.63) is 34.9 Å². The first-order chi connectivity index (χ1) is 7.66. The van der Waals surface area contributed by atoms with Crippen molar-refractivity contribution >= 4 is 15.9 Å². The molecule has 0 spiro atoms. The number of halogens is 1. The molecule has 1 saturated carbocycles. The third kappa shape index (κ3) is 2.88. The Kier molecular flexibility index (Phi) is 4.07. The van der Waals surface area contributed by atoms with Gasteiger partial charge < -0.3 is 0 Å². The molecule has 1 heteroatoms.